The van der Waals surface area contributed by atoms with Crippen molar-refractivity contribution in [3.8, 4) is 17.2 Å². The fourth-order valence-electron chi connectivity index (χ4n) is 3.32. The van der Waals surface area contributed by atoms with Gasteiger partial charge in [-0.25, -0.2) is 0 Å². The largest absolute Gasteiger partial charge is 0.493 e. The second kappa shape index (κ2) is 7.81. The summed E-state index contributed by atoms with van der Waals surface area (Å²) in [4.78, 5) is 0. The molecule has 3 aromatic carbocycles. The lowest BCUT2D eigenvalue weighted by atomic mass is 10.00. The van der Waals surface area contributed by atoms with E-state index in [1.807, 2.05) is 48.5 Å². The van der Waals surface area contributed by atoms with Crippen LogP contribution in [-0.4, -0.2) is 7.11 Å². The van der Waals surface area contributed by atoms with Gasteiger partial charge < -0.3 is 14.2 Å². The highest BCUT2D eigenvalue weighted by Gasteiger charge is 2.17. The number of rotatable bonds is 5. The molecular formula is C25H24O3. The van der Waals surface area contributed by atoms with E-state index in [9.17, 15) is 0 Å². The minimum Gasteiger partial charge on any atom is -0.493 e. The highest BCUT2D eigenvalue weighted by molar-refractivity contribution is 5.68. The second-order valence-corrected chi connectivity index (χ2v) is 7.06. The van der Waals surface area contributed by atoms with Gasteiger partial charge in [-0.1, -0.05) is 36.4 Å². The lowest BCUT2D eigenvalue weighted by molar-refractivity contribution is 0.284. The third-order valence-corrected chi connectivity index (χ3v) is 5.09. The second-order valence-electron chi connectivity index (χ2n) is 7.06. The molecule has 28 heavy (non-hydrogen) atoms. The normalized spacial score (nSPS) is 12.6. The minimum atomic E-state index is 0.502. The van der Waals surface area contributed by atoms with Crippen LogP contribution in [0.1, 0.15) is 27.8 Å². The molecule has 142 valence electrons. The van der Waals surface area contributed by atoms with Crippen LogP contribution in [0.3, 0.4) is 0 Å². The van der Waals surface area contributed by atoms with E-state index in [1.165, 1.54) is 16.7 Å². The highest BCUT2D eigenvalue weighted by Crippen LogP contribution is 2.36. The molecule has 1 heterocycles. The maximum absolute atomic E-state index is 6.19. The van der Waals surface area contributed by atoms with E-state index in [-0.39, 0.29) is 0 Å². The summed E-state index contributed by atoms with van der Waals surface area (Å²) in [6.45, 7) is 4.74. The van der Waals surface area contributed by atoms with Gasteiger partial charge in [0, 0.05) is 5.56 Å². The Balaban J connectivity index is 1.54. The van der Waals surface area contributed by atoms with Gasteiger partial charge in [0.2, 0.25) is 0 Å². The first-order valence-electron chi connectivity index (χ1n) is 9.47. The van der Waals surface area contributed by atoms with Crippen molar-refractivity contribution < 1.29 is 14.2 Å². The molecule has 0 saturated carbocycles. The van der Waals surface area contributed by atoms with Crippen LogP contribution < -0.4 is 14.2 Å². The zero-order valence-corrected chi connectivity index (χ0v) is 16.5. The summed E-state index contributed by atoms with van der Waals surface area (Å²) in [5.74, 6) is 3.20. The molecule has 0 spiro atoms. The van der Waals surface area contributed by atoms with Crippen LogP contribution in [-0.2, 0) is 13.0 Å². The molecular weight excluding hydrogens is 348 g/mol. The van der Waals surface area contributed by atoms with Crippen molar-refractivity contribution in [1.82, 2.24) is 0 Å². The molecule has 0 radical (unpaired) electrons. The number of hydrogen-bond donors (Lipinski definition) is 0. The van der Waals surface area contributed by atoms with E-state index in [4.69, 9.17) is 14.2 Å². The van der Waals surface area contributed by atoms with Gasteiger partial charge >= 0.3 is 0 Å². The Morgan fingerprint density at radius 2 is 1.68 bits per heavy atom. The molecule has 0 N–H and O–H groups in total. The predicted octanol–water partition coefficient (Wildman–Crippen LogP) is 5.87. The van der Waals surface area contributed by atoms with Crippen LogP contribution in [0.15, 0.2) is 66.7 Å². The van der Waals surface area contributed by atoms with Crippen LogP contribution in [0.4, 0.5) is 0 Å². The van der Waals surface area contributed by atoms with Crippen LogP contribution in [0.25, 0.3) is 5.76 Å². The summed E-state index contributed by atoms with van der Waals surface area (Å²) in [5, 5.41) is 0. The minimum absolute atomic E-state index is 0.502. The summed E-state index contributed by atoms with van der Waals surface area (Å²) in [6, 6.07) is 20.4. The Hall–Kier alpha value is -3.20. The Labute approximate surface area is 166 Å². The van der Waals surface area contributed by atoms with Crippen LogP contribution in [0.2, 0.25) is 0 Å². The van der Waals surface area contributed by atoms with Crippen molar-refractivity contribution in [3.63, 3.8) is 0 Å². The first kappa shape index (κ1) is 18.2. The van der Waals surface area contributed by atoms with Gasteiger partial charge in [0.15, 0.2) is 11.5 Å². The van der Waals surface area contributed by atoms with E-state index < -0.39 is 0 Å². The van der Waals surface area contributed by atoms with Crippen LogP contribution in [0, 0.1) is 13.8 Å². The van der Waals surface area contributed by atoms with Crippen molar-refractivity contribution >= 4 is 5.76 Å². The van der Waals surface area contributed by atoms with Gasteiger partial charge in [0.25, 0.3) is 0 Å². The van der Waals surface area contributed by atoms with E-state index in [0.29, 0.717) is 12.4 Å². The van der Waals surface area contributed by atoms with Gasteiger partial charge in [-0.05, 0) is 72.9 Å². The van der Waals surface area contributed by atoms with Crippen molar-refractivity contribution in [2.45, 2.75) is 26.9 Å². The Morgan fingerprint density at radius 3 is 2.46 bits per heavy atom. The highest BCUT2D eigenvalue weighted by atomic mass is 16.5. The van der Waals surface area contributed by atoms with E-state index >= 15 is 0 Å². The summed E-state index contributed by atoms with van der Waals surface area (Å²) >= 11 is 0. The lowest BCUT2D eigenvalue weighted by Gasteiger charge is -2.21. The maximum atomic E-state index is 6.19. The molecule has 0 aromatic heterocycles. The lowest BCUT2D eigenvalue weighted by Crippen LogP contribution is -2.05. The molecule has 3 aromatic rings. The standard InChI is InChI=1S/C25H24O3/c1-17-13-20-9-11-22(28-24(20)14-18(17)2)21-10-12-23(25(15-21)26-3)27-16-19-7-5-4-6-8-19/h4-8,10-15H,9,16H2,1-3H3. The van der Waals surface area contributed by atoms with Gasteiger partial charge in [0.05, 0.1) is 7.11 Å². The molecule has 4 rings (SSSR count). The molecule has 0 amide bonds. The van der Waals surface area contributed by atoms with Crippen molar-refractivity contribution in [2.24, 2.45) is 0 Å². The van der Waals surface area contributed by atoms with E-state index in [2.05, 4.69) is 32.1 Å². The molecule has 0 saturated heterocycles. The number of benzene rings is 3. The van der Waals surface area contributed by atoms with Gasteiger partial charge in [-0.2, -0.15) is 0 Å². The SMILES string of the molecule is COc1cc(C2=CCc3cc(C)c(C)cc3O2)ccc1OCc1ccccc1. The summed E-state index contributed by atoms with van der Waals surface area (Å²) in [6.07, 6.45) is 2.98. The van der Waals surface area contributed by atoms with Crippen molar-refractivity contribution in [2.75, 3.05) is 7.11 Å². The molecule has 3 heteroatoms. The molecule has 0 aliphatic carbocycles. The number of allylic oxidation sites excluding steroid dienone is 1. The fraction of sp³-hybridized carbons (Fsp3) is 0.200. The molecule has 1 aliphatic heterocycles. The average molecular weight is 372 g/mol. The first-order chi connectivity index (χ1) is 13.6. The summed E-state index contributed by atoms with van der Waals surface area (Å²) < 4.78 is 17.7. The molecule has 0 bridgehead atoms. The maximum Gasteiger partial charge on any atom is 0.161 e. The zero-order valence-electron chi connectivity index (χ0n) is 16.5. The molecule has 0 atom stereocenters. The van der Waals surface area contributed by atoms with Crippen molar-refractivity contribution in [3.05, 3.63) is 94.6 Å². The quantitative estimate of drug-likeness (QED) is 0.561. The number of fused-ring (bicyclic) bond motifs is 1. The number of methoxy groups -OCH3 is 1. The summed E-state index contributed by atoms with van der Waals surface area (Å²) in [7, 11) is 1.66. The molecule has 3 nitrogen and oxygen atoms in total. The Bertz CT molecular complexity index is 1020. The Kier molecular flexibility index (Phi) is 5.07. The van der Waals surface area contributed by atoms with E-state index in [0.717, 1.165) is 34.8 Å². The topological polar surface area (TPSA) is 27.7 Å². The Morgan fingerprint density at radius 1 is 0.893 bits per heavy atom. The van der Waals surface area contributed by atoms with E-state index in [1.54, 1.807) is 7.11 Å². The van der Waals surface area contributed by atoms with Gasteiger partial charge in [-0.3, -0.25) is 0 Å². The monoisotopic (exact) mass is 372 g/mol. The third-order valence-electron chi connectivity index (χ3n) is 5.09. The smallest absolute Gasteiger partial charge is 0.161 e. The van der Waals surface area contributed by atoms with Crippen LogP contribution in [0.5, 0.6) is 17.2 Å². The third kappa shape index (κ3) is 3.74. The fourth-order valence-corrected chi connectivity index (χ4v) is 3.32. The molecule has 1 aliphatic rings. The first-order valence-corrected chi connectivity index (χ1v) is 9.47. The summed E-state index contributed by atoms with van der Waals surface area (Å²) in [5.41, 5.74) is 5.85. The van der Waals surface area contributed by atoms with Gasteiger partial charge in [0.1, 0.15) is 18.1 Å². The predicted molar refractivity (Wildman–Crippen MR) is 112 cm³/mol. The molecule has 0 unspecified atom stereocenters. The zero-order chi connectivity index (χ0) is 19.5. The number of hydrogen-bond acceptors (Lipinski definition) is 3. The number of ether oxygens (including phenoxy) is 3. The van der Waals surface area contributed by atoms with Crippen LogP contribution >= 0.6 is 0 Å². The van der Waals surface area contributed by atoms with Crippen molar-refractivity contribution in [1.29, 1.82) is 0 Å². The molecule has 0 fully saturated rings. The van der Waals surface area contributed by atoms with Gasteiger partial charge in [-0.15, -0.1) is 0 Å². The average Bonchev–Trinajstić information content (AvgIpc) is 2.73. The number of aryl methyl sites for hydroxylation is 2.